The molecule has 4 aromatic rings. The predicted molar refractivity (Wildman–Crippen MR) is 127 cm³/mol. The van der Waals surface area contributed by atoms with Crippen molar-refractivity contribution in [1.29, 1.82) is 0 Å². The number of thiophene rings is 2. The molecule has 174 valence electrons. The number of nitrogens with two attached hydrogens (primary N) is 1. The Morgan fingerprint density at radius 3 is 2.71 bits per heavy atom. The minimum absolute atomic E-state index is 0.312. The van der Waals surface area contributed by atoms with E-state index in [1.165, 1.54) is 34.8 Å². The zero-order valence-electron chi connectivity index (χ0n) is 18.0. The third-order valence-corrected chi connectivity index (χ3v) is 7.87. The maximum atomic E-state index is 13.3. The van der Waals surface area contributed by atoms with Gasteiger partial charge in [-0.05, 0) is 62.1 Å². The number of fused-ring (bicyclic) bond motifs is 2. The monoisotopic (exact) mass is 498 g/mol. The Balaban J connectivity index is 1.29. The van der Waals surface area contributed by atoms with E-state index >= 15 is 0 Å². The normalized spacial score (nSPS) is 12.6. The lowest BCUT2D eigenvalue weighted by Crippen LogP contribution is -2.22. The van der Waals surface area contributed by atoms with Gasteiger partial charge < -0.3 is 15.8 Å². The summed E-state index contributed by atoms with van der Waals surface area (Å²) in [6, 6.07) is 7.54. The Labute approximate surface area is 201 Å². The number of nitrogens with zero attached hydrogens (tertiary/aromatic N) is 2. The van der Waals surface area contributed by atoms with Crippen LogP contribution in [0.25, 0.3) is 15.9 Å². The van der Waals surface area contributed by atoms with Gasteiger partial charge in [0.2, 0.25) is 0 Å². The number of hydrogen-bond donors (Lipinski definition) is 2. The zero-order valence-corrected chi connectivity index (χ0v) is 19.6. The second kappa shape index (κ2) is 8.65. The minimum Gasteiger partial charge on any atom is -0.451 e. The summed E-state index contributed by atoms with van der Waals surface area (Å²) in [4.78, 5) is 39.0. The summed E-state index contributed by atoms with van der Waals surface area (Å²) in [5, 5.41) is 8.29. The molecule has 1 aliphatic rings. The van der Waals surface area contributed by atoms with Crippen molar-refractivity contribution >= 4 is 55.7 Å². The van der Waals surface area contributed by atoms with Crippen LogP contribution < -0.4 is 11.1 Å². The molecule has 0 fully saturated rings. The molecule has 11 heteroatoms. The SMILES string of the molecule is Cc1nn(-c2ccc(F)cc2)c2sc(C(=O)OCC(=O)Nc3sc4c(c3C(N)=O)CCC4)cc12. The van der Waals surface area contributed by atoms with Crippen molar-refractivity contribution in [1.82, 2.24) is 9.78 Å². The van der Waals surface area contributed by atoms with Crippen LogP contribution in [0.2, 0.25) is 0 Å². The molecule has 0 radical (unpaired) electrons. The van der Waals surface area contributed by atoms with E-state index in [2.05, 4.69) is 10.4 Å². The van der Waals surface area contributed by atoms with E-state index in [-0.39, 0.29) is 5.82 Å². The van der Waals surface area contributed by atoms with Crippen molar-refractivity contribution in [2.75, 3.05) is 11.9 Å². The van der Waals surface area contributed by atoms with Crippen molar-refractivity contribution < 1.29 is 23.5 Å². The minimum atomic E-state index is -0.648. The first-order valence-electron chi connectivity index (χ1n) is 10.5. The standard InChI is InChI=1S/C23H19FN4O4S2/c1-11-15-9-17(34-22(15)28(27-11)13-7-5-12(24)6-8-13)23(31)32-10-18(29)26-21-19(20(25)30)14-3-2-4-16(14)33-21/h5-9H,2-4,10H2,1H3,(H2,25,30)(H,26,29). The summed E-state index contributed by atoms with van der Waals surface area (Å²) in [5.74, 6) is -2.13. The number of primary amides is 1. The Morgan fingerprint density at radius 1 is 1.21 bits per heavy atom. The second-order valence-electron chi connectivity index (χ2n) is 7.85. The summed E-state index contributed by atoms with van der Waals surface area (Å²) in [6.45, 7) is 1.31. The van der Waals surface area contributed by atoms with Gasteiger partial charge in [-0.25, -0.2) is 13.9 Å². The van der Waals surface area contributed by atoms with Crippen molar-refractivity contribution in [3.05, 3.63) is 62.7 Å². The van der Waals surface area contributed by atoms with Crippen LogP contribution in [0.5, 0.6) is 0 Å². The predicted octanol–water partition coefficient (Wildman–Crippen LogP) is 3.98. The number of benzene rings is 1. The number of esters is 1. The van der Waals surface area contributed by atoms with Gasteiger partial charge in [-0.3, -0.25) is 9.59 Å². The topological polar surface area (TPSA) is 116 Å². The lowest BCUT2D eigenvalue weighted by atomic mass is 10.1. The molecule has 0 aliphatic heterocycles. The van der Waals surface area contributed by atoms with Crippen LogP contribution in [0.4, 0.5) is 9.39 Å². The lowest BCUT2D eigenvalue weighted by Gasteiger charge is -2.06. The van der Waals surface area contributed by atoms with E-state index in [1.54, 1.807) is 22.9 Å². The first kappa shape index (κ1) is 22.2. The maximum absolute atomic E-state index is 13.3. The van der Waals surface area contributed by atoms with E-state index in [4.69, 9.17) is 10.5 Å². The van der Waals surface area contributed by atoms with Gasteiger partial charge in [0, 0.05) is 10.3 Å². The molecule has 0 spiro atoms. The van der Waals surface area contributed by atoms with E-state index < -0.39 is 24.4 Å². The van der Waals surface area contributed by atoms with Crippen LogP contribution >= 0.6 is 22.7 Å². The third-order valence-electron chi connectivity index (χ3n) is 5.57. The highest BCUT2D eigenvalue weighted by atomic mass is 32.1. The fourth-order valence-corrected chi connectivity index (χ4v) is 6.41. The molecule has 0 unspecified atom stereocenters. The van der Waals surface area contributed by atoms with Gasteiger partial charge in [0.15, 0.2) is 6.61 Å². The van der Waals surface area contributed by atoms with Gasteiger partial charge in [-0.15, -0.1) is 22.7 Å². The molecule has 1 aromatic carbocycles. The highest BCUT2D eigenvalue weighted by Crippen LogP contribution is 2.38. The number of rotatable bonds is 6. The summed E-state index contributed by atoms with van der Waals surface area (Å²) in [6.07, 6.45) is 2.57. The lowest BCUT2D eigenvalue weighted by molar-refractivity contribution is -0.119. The molecule has 3 N–H and O–H groups in total. The molecule has 3 heterocycles. The van der Waals surface area contributed by atoms with Gasteiger partial charge >= 0.3 is 5.97 Å². The molecule has 2 amide bonds. The average Bonchev–Trinajstić information content (AvgIpc) is 3.54. The number of nitrogens with one attached hydrogen (secondary N) is 1. The van der Waals surface area contributed by atoms with Crippen molar-refractivity contribution in [2.45, 2.75) is 26.2 Å². The Morgan fingerprint density at radius 2 is 1.97 bits per heavy atom. The van der Waals surface area contributed by atoms with Crippen LogP contribution in [0.15, 0.2) is 30.3 Å². The quantitative estimate of drug-likeness (QED) is 0.390. The Hall–Kier alpha value is -3.57. The second-order valence-corrected chi connectivity index (χ2v) is 9.99. The largest absolute Gasteiger partial charge is 0.451 e. The van der Waals surface area contributed by atoms with Crippen LogP contribution in [0, 0.1) is 12.7 Å². The van der Waals surface area contributed by atoms with Crippen LogP contribution in [0.3, 0.4) is 0 Å². The van der Waals surface area contributed by atoms with Crippen LogP contribution in [0.1, 0.15) is 42.6 Å². The third kappa shape index (κ3) is 3.97. The molecular formula is C23H19FN4O4S2. The van der Waals surface area contributed by atoms with Gasteiger partial charge in [-0.2, -0.15) is 5.10 Å². The smallest absolute Gasteiger partial charge is 0.348 e. The molecule has 0 atom stereocenters. The first-order chi connectivity index (χ1) is 16.3. The highest BCUT2D eigenvalue weighted by molar-refractivity contribution is 7.20. The number of carbonyl (C=O) groups excluding carboxylic acids is 3. The summed E-state index contributed by atoms with van der Waals surface area (Å²) >= 11 is 2.51. The average molecular weight is 499 g/mol. The first-order valence-corrected chi connectivity index (χ1v) is 12.1. The van der Waals surface area contributed by atoms with Gasteiger partial charge in [0.25, 0.3) is 11.8 Å². The molecule has 34 heavy (non-hydrogen) atoms. The van der Waals surface area contributed by atoms with Crippen LogP contribution in [-0.4, -0.2) is 34.2 Å². The number of ether oxygens (including phenoxy) is 1. The number of amides is 2. The van der Waals surface area contributed by atoms with Crippen molar-refractivity contribution in [3.8, 4) is 5.69 Å². The molecular weight excluding hydrogens is 479 g/mol. The number of carbonyl (C=O) groups is 3. The summed E-state index contributed by atoms with van der Waals surface area (Å²) < 4.78 is 20.1. The van der Waals surface area contributed by atoms with E-state index in [0.29, 0.717) is 31.7 Å². The number of aryl methyl sites for hydroxylation is 2. The molecule has 0 saturated heterocycles. The molecule has 3 aromatic heterocycles. The molecule has 5 rings (SSSR count). The number of halogens is 1. The summed E-state index contributed by atoms with van der Waals surface area (Å²) in [7, 11) is 0. The van der Waals surface area contributed by atoms with Gasteiger partial charge in [-0.1, -0.05) is 0 Å². The molecule has 1 aliphatic carbocycles. The summed E-state index contributed by atoms with van der Waals surface area (Å²) in [5.41, 5.74) is 8.13. The van der Waals surface area contributed by atoms with E-state index in [9.17, 15) is 18.8 Å². The molecule has 0 saturated carbocycles. The highest BCUT2D eigenvalue weighted by Gasteiger charge is 2.26. The van der Waals surface area contributed by atoms with Crippen molar-refractivity contribution in [2.24, 2.45) is 5.73 Å². The van der Waals surface area contributed by atoms with E-state index in [0.717, 1.165) is 35.1 Å². The molecule has 0 bridgehead atoms. The zero-order chi connectivity index (χ0) is 24.0. The maximum Gasteiger partial charge on any atom is 0.348 e. The van der Waals surface area contributed by atoms with E-state index in [1.807, 2.05) is 6.92 Å². The van der Waals surface area contributed by atoms with Gasteiger partial charge in [0.1, 0.15) is 20.5 Å². The van der Waals surface area contributed by atoms with Crippen LogP contribution in [-0.2, 0) is 22.4 Å². The number of anilines is 1. The van der Waals surface area contributed by atoms with Gasteiger partial charge in [0.05, 0.1) is 16.9 Å². The fraction of sp³-hybridized carbons (Fsp3) is 0.217. The number of hydrogen-bond acceptors (Lipinski definition) is 7. The Bertz CT molecular complexity index is 1450. The molecule has 8 nitrogen and oxygen atoms in total. The van der Waals surface area contributed by atoms with Crippen molar-refractivity contribution in [3.63, 3.8) is 0 Å². The Kier molecular flexibility index (Phi) is 5.66. The number of aromatic nitrogens is 2. The fourth-order valence-electron chi connectivity index (χ4n) is 4.02.